The minimum Gasteiger partial charge on any atom is -0.484 e. The summed E-state index contributed by atoms with van der Waals surface area (Å²) >= 11 is 0. The molecule has 2 atom stereocenters. The number of hydrogen-bond donors (Lipinski definition) is 4. The van der Waals surface area contributed by atoms with Crippen LogP contribution in [0.5, 0.6) is 11.5 Å². The second kappa shape index (κ2) is 7.52. The quantitative estimate of drug-likeness (QED) is 0.424. The SMILES string of the molecule is Cc1cn(CCC2Nc3c(c(NN)cn(C)c3=O)OC2C)c(=O)c2c1OC(C)(C)CN2. The first kappa shape index (κ1) is 21.1. The summed E-state index contributed by atoms with van der Waals surface area (Å²) in [7, 11) is 1.66. The fourth-order valence-corrected chi connectivity index (χ4v) is 4.08. The van der Waals surface area contributed by atoms with Gasteiger partial charge in [0.1, 0.15) is 28.8 Å². The maximum Gasteiger partial charge on any atom is 0.277 e. The van der Waals surface area contributed by atoms with E-state index in [1.54, 1.807) is 17.8 Å². The molecule has 5 N–H and O–H groups in total. The third-order valence-corrected chi connectivity index (χ3v) is 5.84. The molecule has 2 aliphatic heterocycles. The smallest absolute Gasteiger partial charge is 0.277 e. The highest BCUT2D eigenvalue weighted by Crippen LogP contribution is 2.36. The van der Waals surface area contributed by atoms with Crippen molar-refractivity contribution in [2.75, 3.05) is 22.6 Å². The van der Waals surface area contributed by atoms with Gasteiger partial charge in [0, 0.05) is 31.5 Å². The van der Waals surface area contributed by atoms with E-state index in [1.807, 2.05) is 33.9 Å². The van der Waals surface area contributed by atoms with Gasteiger partial charge in [0.2, 0.25) is 0 Å². The van der Waals surface area contributed by atoms with E-state index in [-0.39, 0.29) is 28.9 Å². The molecule has 168 valence electrons. The standard InChI is InChI=1S/C21H30N6O4/c1-11-8-27(20(29)15-17(11)31-21(3,4)10-23-15)7-6-13-12(2)30-18-14(25-22)9-26(5)19(28)16(18)24-13/h8-9,12-13,23-25H,6-7,10,22H2,1-5H3. The molecule has 4 heterocycles. The number of nitrogens with one attached hydrogen (secondary N) is 3. The number of hydrazine groups is 1. The lowest BCUT2D eigenvalue weighted by Crippen LogP contribution is -2.44. The minimum atomic E-state index is -0.369. The van der Waals surface area contributed by atoms with Crippen LogP contribution in [0, 0.1) is 6.92 Å². The van der Waals surface area contributed by atoms with E-state index in [9.17, 15) is 9.59 Å². The molecule has 31 heavy (non-hydrogen) atoms. The number of fused-ring (bicyclic) bond motifs is 2. The second-order valence-corrected chi connectivity index (χ2v) is 8.90. The van der Waals surface area contributed by atoms with Crippen LogP contribution in [0.1, 0.15) is 32.8 Å². The molecule has 0 saturated carbocycles. The highest BCUT2D eigenvalue weighted by Gasteiger charge is 2.32. The number of hydrogen-bond acceptors (Lipinski definition) is 8. The van der Waals surface area contributed by atoms with Gasteiger partial charge in [0.05, 0.1) is 12.6 Å². The number of aromatic nitrogens is 2. The molecule has 0 fully saturated rings. The molecule has 0 saturated heterocycles. The van der Waals surface area contributed by atoms with Crippen molar-refractivity contribution in [1.82, 2.24) is 9.13 Å². The third-order valence-electron chi connectivity index (χ3n) is 5.84. The Morgan fingerprint density at radius 3 is 2.68 bits per heavy atom. The molecule has 0 spiro atoms. The fourth-order valence-electron chi connectivity index (χ4n) is 4.08. The zero-order valence-electron chi connectivity index (χ0n) is 18.5. The largest absolute Gasteiger partial charge is 0.484 e. The van der Waals surface area contributed by atoms with Crippen LogP contribution in [-0.2, 0) is 13.6 Å². The van der Waals surface area contributed by atoms with E-state index in [0.717, 1.165) is 5.56 Å². The van der Waals surface area contributed by atoms with E-state index < -0.39 is 0 Å². The molecule has 0 aromatic carbocycles. The van der Waals surface area contributed by atoms with Crippen molar-refractivity contribution < 1.29 is 9.47 Å². The monoisotopic (exact) mass is 430 g/mol. The molecular formula is C21H30N6O4. The number of rotatable bonds is 4. The molecule has 4 rings (SSSR count). The average molecular weight is 431 g/mol. The van der Waals surface area contributed by atoms with Crippen molar-refractivity contribution in [2.45, 2.75) is 58.4 Å². The van der Waals surface area contributed by atoms with Gasteiger partial charge in [0.15, 0.2) is 11.5 Å². The van der Waals surface area contributed by atoms with Gasteiger partial charge < -0.3 is 34.7 Å². The Hall–Kier alpha value is -3.14. The summed E-state index contributed by atoms with van der Waals surface area (Å²) < 4.78 is 15.2. The molecule has 0 bridgehead atoms. The number of nitrogens with zero attached hydrogens (tertiary/aromatic N) is 2. The highest BCUT2D eigenvalue weighted by atomic mass is 16.5. The summed E-state index contributed by atoms with van der Waals surface area (Å²) in [6, 6.07) is -0.153. The van der Waals surface area contributed by atoms with Gasteiger partial charge in [-0.2, -0.15) is 0 Å². The lowest BCUT2D eigenvalue weighted by atomic mass is 10.0. The van der Waals surface area contributed by atoms with Crippen LogP contribution in [0.25, 0.3) is 0 Å². The summed E-state index contributed by atoms with van der Waals surface area (Å²) in [6.45, 7) is 8.86. The summed E-state index contributed by atoms with van der Waals surface area (Å²) in [5.41, 5.74) is 4.19. The first-order chi connectivity index (χ1) is 14.6. The topological polar surface area (TPSA) is 125 Å². The molecule has 2 unspecified atom stereocenters. The number of nitrogens with two attached hydrogens (primary N) is 1. The summed E-state index contributed by atoms with van der Waals surface area (Å²) in [5, 5.41) is 6.53. The van der Waals surface area contributed by atoms with Crippen LogP contribution in [0.3, 0.4) is 0 Å². The average Bonchev–Trinajstić information content (AvgIpc) is 2.72. The lowest BCUT2D eigenvalue weighted by molar-refractivity contribution is 0.114. The molecule has 10 heteroatoms. The first-order valence-electron chi connectivity index (χ1n) is 10.4. The van der Waals surface area contributed by atoms with Gasteiger partial charge in [-0.15, -0.1) is 0 Å². The van der Waals surface area contributed by atoms with Gasteiger partial charge in [-0.25, -0.2) is 0 Å². The van der Waals surface area contributed by atoms with Crippen LogP contribution >= 0.6 is 0 Å². The Bertz CT molecular complexity index is 1140. The van der Waals surface area contributed by atoms with Crippen LogP contribution in [0.2, 0.25) is 0 Å². The number of pyridine rings is 2. The van der Waals surface area contributed by atoms with Crippen molar-refractivity contribution in [1.29, 1.82) is 0 Å². The molecule has 2 aromatic heterocycles. The normalized spacial score (nSPS) is 21.0. The fraction of sp³-hybridized carbons (Fsp3) is 0.524. The van der Waals surface area contributed by atoms with E-state index in [0.29, 0.717) is 48.1 Å². The second-order valence-electron chi connectivity index (χ2n) is 8.90. The van der Waals surface area contributed by atoms with Gasteiger partial charge in [-0.3, -0.25) is 15.4 Å². The Labute approximate surface area is 180 Å². The molecule has 2 aromatic rings. The number of nitrogen functional groups attached to an aromatic ring is 1. The zero-order valence-corrected chi connectivity index (χ0v) is 18.5. The Morgan fingerprint density at radius 1 is 1.23 bits per heavy atom. The summed E-state index contributed by atoms with van der Waals surface area (Å²) in [5.74, 6) is 6.62. The van der Waals surface area contributed by atoms with Gasteiger partial charge in [-0.1, -0.05) is 0 Å². The van der Waals surface area contributed by atoms with Crippen LogP contribution in [0.4, 0.5) is 17.1 Å². The van der Waals surface area contributed by atoms with E-state index in [4.69, 9.17) is 15.3 Å². The maximum absolute atomic E-state index is 13.0. The van der Waals surface area contributed by atoms with E-state index in [2.05, 4.69) is 16.1 Å². The Balaban J connectivity index is 1.57. The van der Waals surface area contributed by atoms with Crippen LogP contribution < -0.4 is 42.5 Å². The number of anilines is 3. The molecule has 2 aliphatic rings. The Kier molecular flexibility index (Phi) is 5.12. The molecule has 0 aliphatic carbocycles. The van der Waals surface area contributed by atoms with Crippen molar-refractivity contribution in [3.8, 4) is 11.5 Å². The molecule has 10 nitrogen and oxygen atoms in total. The van der Waals surface area contributed by atoms with Crippen LogP contribution in [-0.4, -0.2) is 33.4 Å². The predicted molar refractivity (Wildman–Crippen MR) is 120 cm³/mol. The molecule has 0 amide bonds. The van der Waals surface area contributed by atoms with E-state index >= 15 is 0 Å². The van der Waals surface area contributed by atoms with Gasteiger partial charge >= 0.3 is 0 Å². The zero-order chi connectivity index (χ0) is 22.5. The Morgan fingerprint density at radius 2 is 1.97 bits per heavy atom. The lowest BCUT2D eigenvalue weighted by Gasteiger charge is -2.35. The van der Waals surface area contributed by atoms with Crippen molar-refractivity contribution in [2.24, 2.45) is 12.9 Å². The summed E-state index contributed by atoms with van der Waals surface area (Å²) in [6.07, 6.45) is 3.79. The predicted octanol–water partition coefficient (Wildman–Crippen LogP) is 1.38. The number of ether oxygens (including phenoxy) is 2. The highest BCUT2D eigenvalue weighted by molar-refractivity contribution is 5.70. The van der Waals surface area contributed by atoms with Crippen molar-refractivity contribution in [3.05, 3.63) is 38.7 Å². The molecule has 0 radical (unpaired) electrons. The van der Waals surface area contributed by atoms with Gasteiger partial charge in [0.25, 0.3) is 11.1 Å². The summed E-state index contributed by atoms with van der Waals surface area (Å²) in [4.78, 5) is 25.6. The minimum absolute atomic E-state index is 0.119. The van der Waals surface area contributed by atoms with Crippen LogP contribution in [0.15, 0.2) is 22.0 Å². The molecular weight excluding hydrogens is 400 g/mol. The number of aryl methyl sites for hydroxylation is 3. The van der Waals surface area contributed by atoms with E-state index in [1.165, 1.54) is 4.57 Å². The maximum atomic E-state index is 13.0. The van der Waals surface area contributed by atoms with Crippen molar-refractivity contribution in [3.63, 3.8) is 0 Å². The van der Waals surface area contributed by atoms with Crippen molar-refractivity contribution >= 4 is 17.1 Å². The first-order valence-corrected chi connectivity index (χ1v) is 10.4. The third kappa shape index (κ3) is 3.71. The van der Waals surface area contributed by atoms with Gasteiger partial charge in [-0.05, 0) is 34.1 Å².